The van der Waals surface area contributed by atoms with Crippen LogP contribution in [0.4, 0.5) is 0 Å². The number of aliphatic hydroxyl groups excluding tert-OH is 1. The van der Waals surface area contributed by atoms with E-state index in [1.807, 2.05) is 0 Å². The standard InChI is InChI=1S/C16H17IO/c1-12-3-2-4-14(9-12)15(11-18)10-13-5-7-16(17)8-6-13/h2-9,15,18H,10-11H2,1H3. The van der Waals surface area contributed by atoms with Crippen LogP contribution < -0.4 is 0 Å². The smallest absolute Gasteiger partial charge is 0.0502 e. The summed E-state index contributed by atoms with van der Waals surface area (Å²) in [6.45, 7) is 2.28. The van der Waals surface area contributed by atoms with Crippen LogP contribution in [-0.2, 0) is 6.42 Å². The van der Waals surface area contributed by atoms with E-state index in [4.69, 9.17) is 0 Å². The van der Waals surface area contributed by atoms with Crippen LogP contribution in [0, 0.1) is 10.5 Å². The normalized spacial score (nSPS) is 12.4. The van der Waals surface area contributed by atoms with Crippen LogP contribution in [0.5, 0.6) is 0 Å². The fourth-order valence-electron chi connectivity index (χ4n) is 2.12. The van der Waals surface area contributed by atoms with E-state index in [-0.39, 0.29) is 12.5 Å². The van der Waals surface area contributed by atoms with Crippen LogP contribution in [-0.4, -0.2) is 11.7 Å². The average Bonchev–Trinajstić information content (AvgIpc) is 2.38. The fraction of sp³-hybridized carbons (Fsp3) is 0.250. The van der Waals surface area contributed by atoms with Gasteiger partial charge in [-0.15, -0.1) is 0 Å². The van der Waals surface area contributed by atoms with Crippen LogP contribution in [0.25, 0.3) is 0 Å². The van der Waals surface area contributed by atoms with Gasteiger partial charge in [-0.1, -0.05) is 42.0 Å². The van der Waals surface area contributed by atoms with E-state index in [0.29, 0.717) is 0 Å². The first-order chi connectivity index (χ1) is 8.69. The topological polar surface area (TPSA) is 20.2 Å². The maximum absolute atomic E-state index is 9.58. The van der Waals surface area contributed by atoms with E-state index in [9.17, 15) is 5.11 Å². The van der Waals surface area contributed by atoms with Crippen molar-refractivity contribution in [3.63, 3.8) is 0 Å². The SMILES string of the molecule is Cc1cccc(C(CO)Cc2ccc(I)cc2)c1. The lowest BCUT2D eigenvalue weighted by Gasteiger charge is -2.15. The summed E-state index contributed by atoms with van der Waals surface area (Å²) in [5.74, 6) is 0.185. The Bertz CT molecular complexity index is 505. The summed E-state index contributed by atoms with van der Waals surface area (Å²) in [6.07, 6.45) is 0.886. The van der Waals surface area contributed by atoms with Crippen LogP contribution in [0.3, 0.4) is 0 Å². The quantitative estimate of drug-likeness (QED) is 0.827. The number of aryl methyl sites for hydroxylation is 1. The molecule has 1 atom stereocenters. The summed E-state index contributed by atoms with van der Waals surface area (Å²) in [5, 5.41) is 9.58. The third kappa shape index (κ3) is 3.56. The van der Waals surface area contributed by atoms with Gasteiger partial charge in [0, 0.05) is 9.49 Å². The Morgan fingerprint density at radius 1 is 1.11 bits per heavy atom. The molecule has 0 heterocycles. The molecule has 2 heteroatoms. The van der Waals surface area contributed by atoms with Crippen molar-refractivity contribution in [1.29, 1.82) is 0 Å². The van der Waals surface area contributed by atoms with Gasteiger partial charge in [-0.25, -0.2) is 0 Å². The highest BCUT2D eigenvalue weighted by atomic mass is 127. The molecule has 0 spiro atoms. The van der Waals surface area contributed by atoms with E-state index < -0.39 is 0 Å². The minimum atomic E-state index is 0.185. The van der Waals surface area contributed by atoms with Crippen molar-refractivity contribution in [2.45, 2.75) is 19.3 Å². The van der Waals surface area contributed by atoms with Crippen molar-refractivity contribution in [1.82, 2.24) is 0 Å². The third-order valence-electron chi connectivity index (χ3n) is 3.13. The lowest BCUT2D eigenvalue weighted by Crippen LogP contribution is -2.08. The Kier molecular flexibility index (Phi) is 4.78. The molecule has 0 radical (unpaired) electrons. The first-order valence-electron chi connectivity index (χ1n) is 6.11. The molecule has 0 aliphatic carbocycles. The summed E-state index contributed by atoms with van der Waals surface area (Å²) in [5.41, 5.74) is 3.74. The monoisotopic (exact) mass is 352 g/mol. The first kappa shape index (κ1) is 13.6. The summed E-state index contributed by atoms with van der Waals surface area (Å²) in [4.78, 5) is 0. The van der Waals surface area contributed by atoms with Gasteiger partial charge in [0.25, 0.3) is 0 Å². The summed E-state index contributed by atoms with van der Waals surface area (Å²) < 4.78 is 1.24. The number of aliphatic hydroxyl groups is 1. The fourth-order valence-corrected chi connectivity index (χ4v) is 2.48. The van der Waals surface area contributed by atoms with Gasteiger partial charge in [0.1, 0.15) is 0 Å². The molecule has 2 aromatic carbocycles. The minimum absolute atomic E-state index is 0.185. The number of hydrogen-bond donors (Lipinski definition) is 1. The number of halogens is 1. The lowest BCUT2D eigenvalue weighted by molar-refractivity contribution is 0.264. The molecule has 0 bridgehead atoms. The predicted molar refractivity (Wildman–Crippen MR) is 83.9 cm³/mol. The highest BCUT2D eigenvalue weighted by Gasteiger charge is 2.11. The van der Waals surface area contributed by atoms with Gasteiger partial charge in [-0.05, 0) is 59.2 Å². The predicted octanol–water partition coefficient (Wildman–Crippen LogP) is 3.92. The zero-order chi connectivity index (χ0) is 13.0. The van der Waals surface area contributed by atoms with E-state index >= 15 is 0 Å². The Balaban J connectivity index is 2.17. The van der Waals surface area contributed by atoms with Crippen molar-refractivity contribution >= 4 is 22.6 Å². The average molecular weight is 352 g/mol. The first-order valence-corrected chi connectivity index (χ1v) is 7.19. The van der Waals surface area contributed by atoms with Crippen molar-refractivity contribution < 1.29 is 5.11 Å². The number of benzene rings is 2. The molecule has 1 unspecified atom stereocenters. The Hall–Kier alpha value is -0.870. The lowest BCUT2D eigenvalue weighted by atomic mass is 9.92. The molecule has 0 saturated heterocycles. The third-order valence-corrected chi connectivity index (χ3v) is 3.85. The molecule has 94 valence electrons. The zero-order valence-electron chi connectivity index (χ0n) is 10.4. The second kappa shape index (κ2) is 6.34. The highest BCUT2D eigenvalue weighted by molar-refractivity contribution is 14.1. The molecule has 2 aromatic rings. The van der Waals surface area contributed by atoms with Crippen molar-refractivity contribution in [3.8, 4) is 0 Å². The van der Waals surface area contributed by atoms with E-state index in [1.54, 1.807) is 0 Å². The van der Waals surface area contributed by atoms with Crippen molar-refractivity contribution in [2.75, 3.05) is 6.61 Å². The summed E-state index contributed by atoms with van der Waals surface area (Å²) in [6, 6.07) is 16.9. The van der Waals surface area contributed by atoms with Gasteiger partial charge in [0.2, 0.25) is 0 Å². The van der Waals surface area contributed by atoms with Crippen LogP contribution >= 0.6 is 22.6 Å². The van der Waals surface area contributed by atoms with Gasteiger partial charge in [0.15, 0.2) is 0 Å². The van der Waals surface area contributed by atoms with Gasteiger partial charge in [-0.2, -0.15) is 0 Å². The molecule has 0 saturated carbocycles. The molecular weight excluding hydrogens is 335 g/mol. The van der Waals surface area contributed by atoms with E-state index in [1.165, 1.54) is 20.3 Å². The Morgan fingerprint density at radius 2 is 1.83 bits per heavy atom. The van der Waals surface area contributed by atoms with Gasteiger partial charge in [0.05, 0.1) is 6.61 Å². The summed E-state index contributed by atoms with van der Waals surface area (Å²) >= 11 is 2.31. The molecule has 2 rings (SSSR count). The molecule has 1 nitrogen and oxygen atoms in total. The van der Waals surface area contributed by atoms with E-state index in [2.05, 4.69) is 78.0 Å². The summed E-state index contributed by atoms with van der Waals surface area (Å²) in [7, 11) is 0. The van der Waals surface area contributed by atoms with Gasteiger partial charge < -0.3 is 5.11 Å². The zero-order valence-corrected chi connectivity index (χ0v) is 12.6. The molecule has 0 fully saturated rings. The molecule has 0 aliphatic rings. The second-order valence-corrected chi connectivity index (χ2v) is 5.87. The maximum Gasteiger partial charge on any atom is 0.0502 e. The Morgan fingerprint density at radius 3 is 2.44 bits per heavy atom. The molecule has 0 aliphatic heterocycles. The van der Waals surface area contributed by atoms with E-state index in [0.717, 1.165) is 6.42 Å². The maximum atomic E-state index is 9.58. The van der Waals surface area contributed by atoms with Crippen molar-refractivity contribution in [2.24, 2.45) is 0 Å². The molecule has 1 N–H and O–H groups in total. The van der Waals surface area contributed by atoms with Gasteiger partial charge in [-0.3, -0.25) is 0 Å². The highest BCUT2D eigenvalue weighted by Crippen LogP contribution is 2.22. The van der Waals surface area contributed by atoms with Crippen LogP contribution in [0.1, 0.15) is 22.6 Å². The number of rotatable bonds is 4. The minimum Gasteiger partial charge on any atom is -0.396 e. The largest absolute Gasteiger partial charge is 0.396 e. The number of hydrogen-bond acceptors (Lipinski definition) is 1. The van der Waals surface area contributed by atoms with Crippen molar-refractivity contribution in [3.05, 3.63) is 68.8 Å². The second-order valence-electron chi connectivity index (χ2n) is 4.62. The van der Waals surface area contributed by atoms with Crippen LogP contribution in [0.2, 0.25) is 0 Å². The van der Waals surface area contributed by atoms with Gasteiger partial charge >= 0.3 is 0 Å². The molecule has 18 heavy (non-hydrogen) atoms. The molecular formula is C16H17IO. The Labute approximate surface area is 122 Å². The molecule has 0 aromatic heterocycles. The molecule has 0 amide bonds. The van der Waals surface area contributed by atoms with Crippen LogP contribution in [0.15, 0.2) is 48.5 Å².